The third-order valence-corrected chi connectivity index (χ3v) is 10.8. The molecule has 2 aromatic heterocycles. The molecule has 46 heavy (non-hydrogen) atoms. The number of amides is 2. The Kier molecular flexibility index (Phi) is 11.7. The molecule has 236 valence electrons. The molecule has 2 aromatic rings. The Hall–Kier alpha value is -4.48. The minimum absolute atomic E-state index is 0.0108. The van der Waals surface area contributed by atoms with Gasteiger partial charge < -0.3 is 9.80 Å². The van der Waals surface area contributed by atoms with Crippen molar-refractivity contribution >= 4 is 57.3 Å². The summed E-state index contributed by atoms with van der Waals surface area (Å²) < 4.78 is 2.35. The fraction of sp³-hybridized carbons (Fsp3) is 0.444. The predicted molar refractivity (Wildman–Crippen MR) is 182 cm³/mol. The summed E-state index contributed by atoms with van der Waals surface area (Å²) in [6.45, 7) is 23.3. The second-order valence-electron chi connectivity index (χ2n) is 11.4. The minimum Gasteiger partial charge on any atom is -0.303 e. The van der Waals surface area contributed by atoms with Crippen LogP contribution >= 0.6 is 22.7 Å². The Bertz CT molecular complexity index is 1800. The molecule has 0 fully saturated rings. The third-order valence-electron chi connectivity index (χ3n) is 8.61. The van der Waals surface area contributed by atoms with Gasteiger partial charge in [0.1, 0.15) is 35.4 Å². The van der Waals surface area contributed by atoms with Crippen LogP contribution in [-0.4, -0.2) is 33.7 Å². The topological polar surface area (TPSA) is 96.9 Å². The first kappa shape index (κ1) is 34.4. The van der Waals surface area contributed by atoms with Crippen molar-refractivity contribution in [3.8, 4) is 12.1 Å². The van der Waals surface area contributed by atoms with E-state index in [2.05, 4.69) is 37.4 Å². The van der Waals surface area contributed by atoms with Gasteiger partial charge in [-0.15, -0.1) is 22.7 Å². The lowest BCUT2D eigenvalue weighted by atomic mass is 10.0. The lowest BCUT2D eigenvalue weighted by molar-refractivity contribution is -0.125. The molecule has 0 saturated carbocycles. The van der Waals surface area contributed by atoms with Crippen LogP contribution in [0.5, 0.6) is 0 Å². The van der Waals surface area contributed by atoms with Crippen LogP contribution in [0.25, 0.3) is 32.5 Å². The highest BCUT2D eigenvalue weighted by Crippen LogP contribution is 2.46. The smallest absolute Gasteiger partial charge is 0.303 e. The van der Waals surface area contributed by atoms with Gasteiger partial charge in [0.15, 0.2) is 0 Å². The lowest BCUT2D eigenvalue weighted by Gasteiger charge is -2.34. The average molecular weight is 651 g/mol. The number of carbonyl (C=O) groups excluding carboxylic acids is 2. The second kappa shape index (κ2) is 15.7. The number of hydrogen-bond acceptors (Lipinski definition) is 6. The normalized spacial score (nSPS) is 17.7. The molecule has 2 atom stereocenters. The molecule has 2 unspecified atom stereocenters. The van der Waals surface area contributed by atoms with Crippen LogP contribution in [0.3, 0.4) is 0 Å². The molecule has 0 aliphatic carbocycles. The van der Waals surface area contributed by atoms with Crippen molar-refractivity contribution in [2.75, 3.05) is 0 Å². The Morgan fingerprint density at radius 3 is 1.57 bits per heavy atom. The third kappa shape index (κ3) is 6.43. The highest BCUT2D eigenvalue weighted by Gasteiger charge is 2.52. The Balaban J connectivity index is 2.10. The van der Waals surface area contributed by atoms with Gasteiger partial charge in [0.25, 0.3) is 11.8 Å². The number of hydrogen-bond donors (Lipinski definition) is 0. The SMILES string of the molecule is [C-]#[N+]C([N+]#[C-])=c1cc/c(=C2C3=C(C(=O)N/2C(CC)CCCCC)/C(=c2/ccc(=C(C#N)C#N)s2)N(C(CC)CCCCC)C3=O)s1. The molecule has 2 aliphatic heterocycles. The summed E-state index contributed by atoms with van der Waals surface area (Å²) in [5.74, 6) is -0.493. The van der Waals surface area contributed by atoms with E-state index in [9.17, 15) is 20.1 Å². The highest BCUT2D eigenvalue weighted by molar-refractivity contribution is 7.08. The highest BCUT2D eigenvalue weighted by atomic mass is 32.1. The zero-order chi connectivity index (χ0) is 33.4. The van der Waals surface area contributed by atoms with Gasteiger partial charge in [-0.05, 0) is 49.9 Å². The molecular weight excluding hydrogens is 613 g/mol. The largest absolute Gasteiger partial charge is 0.536 e. The van der Waals surface area contributed by atoms with Gasteiger partial charge in [0.2, 0.25) is 0 Å². The predicted octanol–water partition coefficient (Wildman–Crippen LogP) is 5.53. The van der Waals surface area contributed by atoms with E-state index in [0.717, 1.165) is 51.4 Å². The van der Waals surface area contributed by atoms with E-state index < -0.39 is 0 Å². The van der Waals surface area contributed by atoms with Crippen molar-refractivity contribution in [2.45, 2.75) is 104 Å². The van der Waals surface area contributed by atoms with Gasteiger partial charge in [0.05, 0.1) is 36.1 Å². The van der Waals surface area contributed by atoms with Gasteiger partial charge >= 0.3 is 5.82 Å². The molecule has 0 aromatic carbocycles. The van der Waals surface area contributed by atoms with Crippen LogP contribution in [-0.2, 0) is 9.59 Å². The molecule has 2 amide bonds. The van der Waals surface area contributed by atoms with Gasteiger partial charge in [-0.1, -0.05) is 66.2 Å². The first-order valence-corrected chi connectivity index (χ1v) is 17.6. The monoisotopic (exact) mass is 650 g/mol. The van der Waals surface area contributed by atoms with Gasteiger partial charge in [-0.2, -0.15) is 20.2 Å². The van der Waals surface area contributed by atoms with E-state index >= 15 is 0 Å². The Labute approximate surface area is 278 Å². The van der Waals surface area contributed by atoms with E-state index in [1.54, 1.807) is 21.9 Å². The molecule has 4 heterocycles. The van der Waals surface area contributed by atoms with Crippen molar-refractivity contribution < 1.29 is 9.59 Å². The zero-order valence-corrected chi connectivity index (χ0v) is 28.5. The summed E-state index contributed by atoms with van der Waals surface area (Å²) >= 11 is 2.51. The zero-order valence-electron chi connectivity index (χ0n) is 26.9. The van der Waals surface area contributed by atoms with Crippen molar-refractivity contribution in [3.05, 3.63) is 76.4 Å². The summed E-state index contributed by atoms with van der Waals surface area (Å²) in [7, 11) is 0. The lowest BCUT2D eigenvalue weighted by Crippen LogP contribution is -2.44. The Morgan fingerprint density at radius 2 is 1.17 bits per heavy atom. The molecule has 0 radical (unpaired) electrons. The van der Waals surface area contributed by atoms with Gasteiger partial charge in [-0.25, -0.2) is 0 Å². The maximum Gasteiger partial charge on any atom is 0.536 e. The van der Waals surface area contributed by atoms with Gasteiger partial charge in [-0.3, -0.25) is 9.59 Å². The number of thiophene rings is 2. The molecule has 0 spiro atoms. The molecular formula is C36H38N6O2S2. The number of carbonyl (C=O) groups is 2. The van der Waals surface area contributed by atoms with E-state index in [4.69, 9.17) is 13.1 Å². The Morgan fingerprint density at radius 1 is 0.739 bits per heavy atom. The van der Waals surface area contributed by atoms with Crippen LogP contribution in [0.2, 0.25) is 0 Å². The number of nitrogens with zero attached hydrogens (tertiary/aromatic N) is 6. The summed E-state index contributed by atoms with van der Waals surface area (Å²) in [5.41, 5.74) is 1.82. The molecule has 10 heteroatoms. The second-order valence-corrected chi connectivity index (χ2v) is 13.6. The summed E-state index contributed by atoms with van der Waals surface area (Å²) in [6.07, 6.45) is 9.01. The van der Waals surface area contributed by atoms with Gasteiger partial charge in [0, 0.05) is 12.1 Å². The van der Waals surface area contributed by atoms with Crippen LogP contribution in [0, 0.1) is 35.8 Å². The number of unbranched alkanes of at least 4 members (excludes halogenated alkanes) is 4. The van der Waals surface area contributed by atoms with Crippen LogP contribution in [0.1, 0.15) is 91.9 Å². The number of nitriles is 2. The molecule has 8 nitrogen and oxygen atoms in total. The molecule has 4 rings (SSSR count). The van der Waals surface area contributed by atoms with Crippen molar-refractivity contribution in [2.24, 2.45) is 0 Å². The quantitative estimate of drug-likeness (QED) is 0.223. The van der Waals surface area contributed by atoms with E-state index in [1.165, 1.54) is 22.7 Å². The molecule has 0 bridgehead atoms. The van der Waals surface area contributed by atoms with E-state index in [0.29, 0.717) is 53.5 Å². The molecule has 0 saturated heterocycles. The fourth-order valence-corrected chi connectivity index (χ4v) is 8.25. The fourth-order valence-electron chi connectivity index (χ4n) is 6.27. The van der Waals surface area contributed by atoms with Crippen molar-refractivity contribution in [3.63, 3.8) is 0 Å². The van der Waals surface area contributed by atoms with Crippen molar-refractivity contribution in [1.29, 1.82) is 10.5 Å². The van der Waals surface area contributed by atoms with Crippen LogP contribution in [0.4, 0.5) is 0 Å². The first-order valence-electron chi connectivity index (χ1n) is 16.0. The molecule has 0 N–H and O–H groups in total. The summed E-state index contributed by atoms with van der Waals surface area (Å²) in [5, 5.41) is 19.1. The maximum atomic E-state index is 14.8. The van der Waals surface area contributed by atoms with E-state index in [1.807, 2.05) is 24.3 Å². The summed E-state index contributed by atoms with van der Waals surface area (Å²) in [6, 6.07) is 10.7. The van der Waals surface area contributed by atoms with Crippen LogP contribution < -0.4 is 18.1 Å². The van der Waals surface area contributed by atoms with Crippen LogP contribution in [0.15, 0.2) is 35.4 Å². The molecule has 2 aliphatic rings. The van der Waals surface area contributed by atoms with E-state index in [-0.39, 0.29) is 35.3 Å². The van der Waals surface area contributed by atoms with Crippen molar-refractivity contribution in [1.82, 2.24) is 9.80 Å². The minimum atomic E-state index is -0.225. The average Bonchev–Trinajstić information content (AvgIpc) is 3.85. The standard InChI is InChI=1S/C36H38N6O2S2/c1-7-11-13-15-24(9-3)41-32(27-18-17-26(45-27)23(21-37)22-38)30-31(36(41)44)33(28-19-20-29(46-28)34(39-5)40-6)42(35(30)43)25(10-4)16-14-12-8-2/h17-20,24-25H,7-16H2,1-4H3/b32-27+,33-28+. The number of rotatable bonds is 12. The summed E-state index contributed by atoms with van der Waals surface area (Å²) in [4.78, 5) is 40.0. The first-order chi connectivity index (χ1) is 22.3. The maximum absolute atomic E-state index is 14.8.